The van der Waals surface area contributed by atoms with Gasteiger partial charge in [0.25, 0.3) is 0 Å². The van der Waals surface area contributed by atoms with E-state index in [-0.39, 0.29) is 50.1 Å². The summed E-state index contributed by atoms with van der Waals surface area (Å²) in [6.45, 7) is 6.41. The molecule has 0 rings (SSSR count). The lowest BCUT2D eigenvalue weighted by Gasteiger charge is -2.34. The largest absolute Gasteiger partial charge is 0.394 e. The van der Waals surface area contributed by atoms with Crippen molar-refractivity contribution in [2.75, 3.05) is 95.9 Å². The smallest absolute Gasteiger partial charge is 0.207 e. The number of likely N-dealkylation sites (N-methyl/N-ethyl adjacent to an activating group) is 1. The highest BCUT2D eigenvalue weighted by atomic mass is 16.7. The molecule has 196 valence electrons. The van der Waals surface area contributed by atoms with Gasteiger partial charge in [-0.1, -0.05) is 13.8 Å². The SMILES string of the molecule is COC(CN)OC(CO)C(C)CN.COC(C[N+](C)(C)C)OC(CO)C(C)C[N+](C)(C)C. The Labute approximate surface area is 196 Å². The highest BCUT2D eigenvalue weighted by molar-refractivity contribution is 4.67. The maximum atomic E-state index is 9.54. The molecule has 0 saturated carbocycles. The van der Waals surface area contributed by atoms with Crippen LogP contribution in [0.3, 0.4) is 0 Å². The average molecular weight is 471 g/mol. The van der Waals surface area contributed by atoms with E-state index < -0.39 is 6.29 Å². The van der Waals surface area contributed by atoms with E-state index in [0.29, 0.717) is 6.54 Å². The van der Waals surface area contributed by atoms with Gasteiger partial charge in [0.1, 0.15) is 6.54 Å². The fraction of sp³-hybridized carbons (Fsp3) is 1.00. The van der Waals surface area contributed by atoms with Crippen LogP contribution in [-0.2, 0) is 18.9 Å². The van der Waals surface area contributed by atoms with Gasteiger partial charge in [-0.25, -0.2) is 0 Å². The Hall–Kier alpha value is -0.400. The van der Waals surface area contributed by atoms with Crippen molar-refractivity contribution in [3.63, 3.8) is 0 Å². The molecule has 6 atom stereocenters. The summed E-state index contributed by atoms with van der Waals surface area (Å²) >= 11 is 0. The van der Waals surface area contributed by atoms with E-state index in [1.807, 2.05) is 6.92 Å². The van der Waals surface area contributed by atoms with Crippen LogP contribution in [0, 0.1) is 11.8 Å². The molecule has 0 aromatic carbocycles. The lowest BCUT2D eigenvalue weighted by atomic mass is 10.0. The van der Waals surface area contributed by atoms with Crippen LogP contribution in [0.2, 0.25) is 0 Å². The zero-order valence-corrected chi connectivity index (χ0v) is 22.3. The van der Waals surface area contributed by atoms with Gasteiger partial charge in [-0.3, -0.25) is 0 Å². The normalized spacial score (nSPS) is 18.2. The van der Waals surface area contributed by atoms with Crippen molar-refractivity contribution in [2.24, 2.45) is 23.3 Å². The second-order valence-electron chi connectivity index (χ2n) is 10.4. The van der Waals surface area contributed by atoms with Gasteiger partial charge >= 0.3 is 0 Å². The molecule has 10 heteroatoms. The molecule has 0 radical (unpaired) electrons. The average Bonchev–Trinajstić information content (AvgIpc) is 2.69. The highest BCUT2D eigenvalue weighted by Crippen LogP contribution is 2.14. The van der Waals surface area contributed by atoms with Crippen LogP contribution < -0.4 is 11.5 Å². The number of methoxy groups -OCH3 is 2. The third-order valence-electron chi connectivity index (χ3n) is 4.90. The summed E-state index contributed by atoms with van der Waals surface area (Å²) < 4.78 is 23.2. The fourth-order valence-corrected chi connectivity index (χ4v) is 3.07. The van der Waals surface area contributed by atoms with E-state index in [4.69, 9.17) is 35.5 Å². The molecule has 0 aromatic rings. The maximum absolute atomic E-state index is 9.54. The molecule has 6 N–H and O–H groups in total. The minimum Gasteiger partial charge on any atom is -0.394 e. The van der Waals surface area contributed by atoms with Crippen molar-refractivity contribution in [2.45, 2.75) is 38.6 Å². The third kappa shape index (κ3) is 17.1. The molecule has 0 heterocycles. The van der Waals surface area contributed by atoms with E-state index in [2.05, 4.69) is 49.2 Å². The van der Waals surface area contributed by atoms with E-state index in [1.165, 1.54) is 7.11 Å². The summed E-state index contributed by atoms with van der Waals surface area (Å²) in [5, 5.41) is 18.5. The molecule has 0 aromatic heterocycles. The van der Waals surface area contributed by atoms with Crippen LogP contribution in [0.5, 0.6) is 0 Å². The summed E-state index contributed by atoms with van der Waals surface area (Å²) in [5.41, 5.74) is 10.8. The molecule has 0 aliphatic carbocycles. The van der Waals surface area contributed by atoms with Gasteiger partial charge in [0.05, 0.1) is 74.3 Å². The van der Waals surface area contributed by atoms with Crippen LogP contribution >= 0.6 is 0 Å². The van der Waals surface area contributed by atoms with Crippen LogP contribution in [0.25, 0.3) is 0 Å². The Bertz CT molecular complexity index is 441. The Morgan fingerprint density at radius 3 is 1.38 bits per heavy atom. The van der Waals surface area contributed by atoms with Crippen molar-refractivity contribution in [3.8, 4) is 0 Å². The zero-order chi connectivity index (χ0) is 25.5. The summed E-state index contributed by atoms with van der Waals surface area (Å²) in [6, 6.07) is 0. The summed E-state index contributed by atoms with van der Waals surface area (Å²) in [4.78, 5) is 0. The van der Waals surface area contributed by atoms with Gasteiger partial charge in [0.2, 0.25) is 6.29 Å². The van der Waals surface area contributed by atoms with Crippen LogP contribution in [0.15, 0.2) is 0 Å². The number of aliphatic hydroxyl groups is 2. The zero-order valence-electron chi connectivity index (χ0n) is 22.3. The van der Waals surface area contributed by atoms with Crippen molar-refractivity contribution >= 4 is 0 Å². The topological polar surface area (TPSA) is 129 Å². The Morgan fingerprint density at radius 1 is 0.656 bits per heavy atom. The number of hydrogen-bond donors (Lipinski definition) is 4. The van der Waals surface area contributed by atoms with Gasteiger partial charge in [-0.05, 0) is 12.5 Å². The Kier molecular flexibility index (Phi) is 18.0. The van der Waals surface area contributed by atoms with Crippen molar-refractivity contribution in [1.82, 2.24) is 0 Å². The predicted molar refractivity (Wildman–Crippen MR) is 128 cm³/mol. The maximum Gasteiger partial charge on any atom is 0.207 e. The number of quaternary nitrogens is 2. The minimum absolute atomic E-state index is 0.0260. The monoisotopic (exact) mass is 470 g/mol. The number of nitrogens with two attached hydrogens (primary N) is 2. The van der Waals surface area contributed by atoms with Gasteiger partial charge < -0.3 is 49.6 Å². The first-order valence-electron chi connectivity index (χ1n) is 11.3. The van der Waals surface area contributed by atoms with Gasteiger partial charge in [-0.2, -0.15) is 0 Å². The molecule has 32 heavy (non-hydrogen) atoms. The van der Waals surface area contributed by atoms with E-state index >= 15 is 0 Å². The first-order valence-corrected chi connectivity index (χ1v) is 11.3. The molecule has 0 fully saturated rings. The first kappa shape index (κ1) is 33.8. The molecular weight excluding hydrogens is 416 g/mol. The first-order chi connectivity index (χ1) is 14.7. The molecular formula is C22H54N4O6+2. The fourth-order valence-electron chi connectivity index (χ4n) is 3.07. The number of nitrogens with zero attached hydrogens (tertiary/aromatic N) is 2. The standard InChI is InChI=1S/C14H34N2O3.C8H20N2O3/c1-12(9-15(2,3)4)13(11-17)19-14(18-8)10-16(5,6)7;1-6(3-9)7(5-11)13-8(4-10)12-2/h12-14,17H,9-11H2,1-8H3;6-8,11H,3-5,9-10H2,1-2H3/q+2;. The highest BCUT2D eigenvalue weighted by Gasteiger charge is 2.28. The van der Waals surface area contributed by atoms with Gasteiger partial charge in [-0.15, -0.1) is 0 Å². The van der Waals surface area contributed by atoms with Crippen LogP contribution in [-0.4, -0.2) is 140 Å². The molecule has 6 unspecified atom stereocenters. The van der Waals surface area contributed by atoms with Crippen LogP contribution in [0.1, 0.15) is 13.8 Å². The Balaban J connectivity index is 0. The summed E-state index contributed by atoms with van der Waals surface area (Å²) in [7, 11) is 15.9. The molecule has 0 bridgehead atoms. The Morgan fingerprint density at radius 2 is 1.06 bits per heavy atom. The lowest BCUT2D eigenvalue weighted by Crippen LogP contribution is -2.48. The third-order valence-corrected chi connectivity index (χ3v) is 4.90. The lowest BCUT2D eigenvalue weighted by molar-refractivity contribution is -0.878. The van der Waals surface area contributed by atoms with Gasteiger partial charge in [0, 0.05) is 26.7 Å². The van der Waals surface area contributed by atoms with E-state index in [0.717, 1.165) is 22.1 Å². The summed E-state index contributed by atoms with van der Waals surface area (Å²) in [5.74, 6) is 0.365. The van der Waals surface area contributed by atoms with Crippen LogP contribution in [0.4, 0.5) is 0 Å². The van der Waals surface area contributed by atoms with E-state index in [9.17, 15) is 5.11 Å². The molecule has 0 aliphatic rings. The summed E-state index contributed by atoms with van der Waals surface area (Å²) in [6.07, 6.45) is -1.24. The minimum atomic E-state index is -0.467. The number of rotatable bonds is 16. The van der Waals surface area contributed by atoms with E-state index in [1.54, 1.807) is 7.11 Å². The molecule has 0 aliphatic heterocycles. The molecule has 0 saturated heterocycles. The number of aliphatic hydroxyl groups excluding tert-OH is 2. The number of hydrogen-bond acceptors (Lipinski definition) is 8. The number of ether oxygens (including phenoxy) is 4. The quantitative estimate of drug-likeness (QED) is 0.172. The molecule has 0 spiro atoms. The molecule has 10 nitrogen and oxygen atoms in total. The molecule has 0 amide bonds. The second kappa shape index (κ2) is 17.1. The van der Waals surface area contributed by atoms with Crippen molar-refractivity contribution < 1.29 is 38.1 Å². The van der Waals surface area contributed by atoms with Gasteiger partial charge in [0.15, 0.2) is 6.29 Å². The second-order valence-corrected chi connectivity index (χ2v) is 10.4. The van der Waals surface area contributed by atoms with Crippen molar-refractivity contribution in [1.29, 1.82) is 0 Å². The van der Waals surface area contributed by atoms with Crippen molar-refractivity contribution in [3.05, 3.63) is 0 Å². The predicted octanol–water partition coefficient (Wildman–Crippen LogP) is -0.725.